The van der Waals surface area contributed by atoms with E-state index >= 15 is 0 Å². The van der Waals surface area contributed by atoms with Crippen molar-refractivity contribution >= 4 is 40.8 Å². The molecule has 0 unspecified atom stereocenters. The minimum atomic E-state index is 0. The van der Waals surface area contributed by atoms with Gasteiger partial charge < -0.3 is 15.5 Å². The highest BCUT2D eigenvalue weighted by atomic mass is 127. The van der Waals surface area contributed by atoms with Gasteiger partial charge in [-0.1, -0.05) is 37.1 Å². The number of fused-ring (bicyclic) bond motifs is 1. The summed E-state index contributed by atoms with van der Waals surface area (Å²) in [6, 6.07) is 10.4. The molecule has 2 heterocycles. The number of pyridine rings is 1. The summed E-state index contributed by atoms with van der Waals surface area (Å²) >= 11 is 0. The van der Waals surface area contributed by atoms with Crippen LogP contribution >= 0.6 is 24.0 Å². The van der Waals surface area contributed by atoms with Crippen LogP contribution in [0, 0.1) is 0 Å². The van der Waals surface area contributed by atoms with Crippen molar-refractivity contribution in [2.24, 2.45) is 4.99 Å². The summed E-state index contributed by atoms with van der Waals surface area (Å²) in [4.78, 5) is 11.5. The number of para-hydroxylation sites is 1. The molecule has 1 aromatic carbocycles. The van der Waals surface area contributed by atoms with Crippen LogP contribution in [0.25, 0.3) is 10.9 Å². The summed E-state index contributed by atoms with van der Waals surface area (Å²) < 4.78 is 0. The monoisotopic (exact) mass is 481 g/mol. The van der Waals surface area contributed by atoms with Gasteiger partial charge in [0.1, 0.15) is 0 Å². The van der Waals surface area contributed by atoms with Crippen LogP contribution in [0.15, 0.2) is 41.5 Å². The first kappa shape index (κ1) is 21.9. The maximum atomic E-state index is 4.51. The van der Waals surface area contributed by atoms with Gasteiger partial charge in [0.15, 0.2) is 5.96 Å². The lowest BCUT2D eigenvalue weighted by Gasteiger charge is -2.20. The highest BCUT2D eigenvalue weighted by molar-refractivity contribution is 14.0. The van der Waals surface area contributed by atoms with Crippen molar-refractivity contribution < 1.29 is 0 Å². The van der Waals surface area contributed by atoms with Crippen molar-refractivity contribution in [2.45, 2.75) is 38.6 Å². The summed E-state index contributed by atoms with van der Waals surface area (Å²) in [5.41, 5.74) is 2.25. The van der Waals surface area contributed by atoms with Gasteiger partial charge in [0.25, 0.3) is 0 Å². The Balaban J connectivity index is 0.00000261. The van der Waals surface area contributed by atoms with Gasteiger partial charge in [-0.3, -0.25) is 9.98 Å². The van der Waals surface area contributed by atoms with E-state index in [2.05, 4.69) is 49.8 Å². The summed E-state index contributed by atoms with van der Waals surface area (Å²) in [5, 5.41) is 8.02. The molecule has 0 aliphatic carbocycles. The molecular weight excluding hydrogens is 449 g/mol. The van der Waals surface area contributed by atoms with Gasteiger partial charge in [0, 0.05) is 31.7 Å². The van der Waals surface area contributed by atoms with E-state index in [1.807, 2.05) is 19.3 Å². The largest absolute Gasteiger partial charge is 0.356 e. The number of hydrogen-bond donors (Lipinski definition) is 2. The molecule has 1 aliphatic rings. The molecule has 0 saturated carbocycles. The fraction of sp³-hybridized carbons (Fsp3) is 0.524. The topological polar surface area (TPSA) is 52.6 Å². The Kier molecular flexibility index (Phi) is 9.83. The molecule has 0 radical (unpaired) electrons. The normalized spacial score (nSPS) is 15.8. The highest BCUT2D eigenvalue weighted by Crippen LogP contribution is 2.15. The zero-order chi connectivity index (χ0) is 18.0. The van der Waals surface area contributed by atoms with Crippen LogP contribution in [0.1, 0.15) is 37.7 Å². The van der Waals surface area contributed by atoms with Crippen LogP contribution in [0.3, 0.4) is 0 Å². The molecule has 0 amide bonds. The summed E-state index contributed by atoms with van der Waals surface area (Å²) in [6.45, 7) is 5.38. The third kappa shape index (κ3) is 6.92. The van der Waals surface area contributed by atoms with Gasteiger partial charge in [0.05, 0.1) is 5.52 Å². The van der Waals surface area contributed by atoms with Gasteiger partial charge in [0.2, 0.25) is 0 Å². The predicted molar refractivity (Wildman–Crippen MR) is 125 cm³/mol. The van der Waals surface area contributed by atoms with Crippen molar-refractivity contribution in [3.63, 3.8) is 0 Å². The van der Waals surface area contributed by atoms with E-state index in [-0.39, 0.29) is 24.0 Å². The second kappa shape index (κ2) is 12.1. The second-order valence-corrected chi connectivity index (χ2v) is 6.95. The maximum Gasteiger partial charge on any atom is 0.191 e. The lowest BCUT2D eigenvalue weighted by atomic mass is 10.1. The highest BCUT2D eigenvalue weighted by Gasteiger charge is 2.08. The van der Waals surface area contributed by atoms with Crippen molar-refractivity contribution in [3.05, 3.63) is 42.1 Å². The van der Waals surface area contributed by atoms with Crippen molar-refractivity contribution in [1.29, 1.82) is 0 Å². The smallest absolute Gasteiger partial charge is 0.191 e. The fourth-order valence-electron chi connectivity index (χ4n) is 3.58. The Labute approximate surface area is 180 Å². The average molecular weight is 481 g/mol. The SMILES string of the molecule is CN=C(NCCCN1CCCCCC1)NCc1cccc2cccnc12.I. The summed E-state index contributed by atoms with van der Waals surface area (Å²) in [7, 11) is 1.82. The molecule has 0 spiro atoms. The molecule has 6 heteroatoms. The molecule has 2 aromatic rings. The lowest BCUT2D eigenvalue weighted by Crippen LogP contribution is -2.38. The number of rotatable bonds is 6. The number of halogens is 1. The molecule has 5 nitrogen and oxygen atoms in total. The van der Waals surface area contributed by atoms with E-state index in [1.165, 1.54) is 56.3 Å². The third-order valence-corrected chi connectivity index (χ3v) is 5.03. The van der Waals surface area contributed by atoms with Crippen LogP contribution < -0.4 is 10.6 Å². The Morgan fingerprint density at radius 3 is 2.63 bits per heavy atom. The fourth-order valence-corrected chi connectivity index (χ4v) is 3.58. The number of guanidine groups is 1. The Bertz CT molecular complexity index is 705. The first-order chi connectivity index (χ1) is 12.9. The van der Waals surface area contributed by atoms with Gasteiger partial charge in [-0.25, -0.2) is 0 Å². The van der Waals surface area contributed by atoms with Gasteiger partial charge >= 0.3 is 0 Å². The minimum absolute atomic E-state index is 0. The third-order valence-electron chi connectivity index (χ3n) is 5.03. The number of aromatic nitrogens is 1. The molecular formula is C21H32IN5. The first-order valence-corrected chi connectivity index (χ1v) is 9.86. The van der Waals surface area contributed by atoms with Gasteiger partial charge in [-0.2, -0.15) is 0 Å². The molecule has 3 rings (SSSR count). The van der Waals surface area contributed by atoms with Crippen molar-refractivity contribution in [2.75, 3.05) is 33.2 Å². The Morgan fingerprint density at radius 1 is 1.07 bits per heavy atom. The minimum Gasteiger partial charge on any atom is -0.356 e. The molecule has 1 aromatic heterocycles. The van der Waals surface area contributed by atoms with E-state index < -0.39 is 0 Å². The van der Waals surface area contributed by atoms with Crippen LogP contribution in [-0.4, -0.2) is 49.1 Å². The zero-order valence-electron chi connectivity index (χ0n) is 16.3. The quantitative estimate of drug-likeness (QED) is 0.286. The Morgan fingerprint density at radius 2 is 1.85 bits per heavy atom. The molecule has 148 valence electrons. The summed E-state index contributed by atoms with van der Waals surface area (Å²) in [6.07, 6.45) is 8.51. The number of likely N-dealkylation sites (tertiary alicyclic amines) is 1. The number of aliphatic imine (C=N–C) groups is 1. The number of benzene rings is 1. The average Bonchev–Trinajstić information content (AvgIpc) is 2.96. The van der Waals surface area contributed by atoms with Crippen LogP contribution in [-0.2, 0) is 6.54 Å². The standard InChI is InChI=1S/C21H31N5.HI/c1-22-21(24-13-8-16-26-14-4-2-3-5-15-26)25-17-19-10-6-9-18-11-7-12-23-20(18)19;/h6-7,9-12H,2-5,8,13-17H2,1H3,(H2,22,24,25);1H. The molecule has 1 fully saturated rings. The molecule has 1 aliphatic heterocycles. The van der Waals surface area contributed by atoms with Crippen LogP contribution in [0.2, 0.25) is 0 Å². The number of hydrogen-bond acceptors (Lipinski definition) is 3. The van der Waals surface area contributed by atoms with E-state index in [9.17, 15) is 0 Å². The van der Waals surface area contributed by atoms with E-state index in [4.69, 9.17) is 0 Å². The Hall–Kier alpha value is -1.41. The molecule has 0 atom stereocenters. The van der Waals surface area contributed by atoms with E-state index in [0.717, 1.165) is 31.0 Å². The molecule has 0 bridgehead atoms. The molecule has 27 heavy (non-hydrogen) atoms. The molecule has 1 saturated heterocycles. The second-order valence-electron chi connectivity index (χ2n) is 6.95. The first-order valence-electron chi connectivity index (χ1n) is 9.86. The number of nitrogens with zero attached hydrogens (tertiary/aromatic N) is 3. The van der Waals surface area contributed by atoms with Gasteiger partial charge in [-0.15, -0.1) is 24.0 Å². The van der Waals surface area contributed by atoms with E-state index in [1.54, 1.807) is 0 Å². The zero-order valence-corrected chi connectivity index (χ0v) is 18.6. The van der Waals surface area contributed by atoms with Crippen molar-refractivity contribution in [3.8, 4) is 0 Å². The number of nitrogens with one attached hydrogen (secondary N) is 2. The molecule has 2 N–H and O–H groups in total. The van der Waals surface area contributed by atoms with Gasteiger partial charge in [-0.05, 0) is 50.5 Å². The maximum absolute atomic E-state index is 4.51. The van der Waals surface area contributed by atoms with Crippen LogP contribution in [0.4, 0.5) is 0 Å². The van der Waals surface area contributed by atoms with E-state index in [0.29, 0.717) is 0 Å². The summed E-state index contributed by atoms with van der Waals surface area (Å²) in [5.74, 6) is 0.855. The lowest BCUT2D eigenvalue weighted by molar-refractivity contribution is 0.282. The van der Waals surface area contributed by atoms with Crippen molar-refractivity contribution in [1.82, 2.24) is 20.5 Å². The predicted octanol–water partition coefficient (Wildman–Crippen LogP) is 3.78. The van der Waals surface area contributed by atoms with Crippen LogP contribution in [0.5, 0.6) is 0 Å².